The molecule has 0 bridgehead atoms. The molecule has 0 aliphatic rings. The highest BCUT2D eigenvalue weighted by molar-refractivity contribution is 5.15. The Hall–Kier alpha value is -1.60. The van der Waals surface area contributed by atoms with Gasteiger partial charge in [0.25, 0.3) is 0 Å². The van der Waals surface area contributed by atoms with Crippen LogP contribution in [0.3, 0.4) is 0 Å². The van der Waals surface area contributed by atoms with E-state index >= 15 is 0 Å². The first-order valence-corrected chi connectivity index (χ1v) is 8.16. The number of hydrogen-bond acceptors (Lipinski definition) is 1. The van der Waals surface area contributed by atoms with Crippen LogP contribution < -0.4 is 5.32 Å². The number of unbranched alkanes of at least 4 members (excludes halogenated alkanes) is 1. The predicted molar refractivity (Wildman–Crippen MR) is 91.6 cm³/mol. The fraction of sp³-hybridized carbons (Fsp3) is 0.400. The van der Waals surface area contributed by atoms with E-state index in [0.29, 0.717) is 6.04 Å². The summed E-state index contributed by atoms with van der Waals surface area (Å²) in [5.74, 6) is 0. The summed E-state index contributed by atoms with van der Waals surface area (Å²) in [7, 11) is 0. The first-order chi connectivity index (χ1) is 10.3. The second-order valence-electron chi connectivity index (χ2n) is 5.82. The number of benzene rings is 2. The van der Waals surface area contributed by atoms with Crippen molar-refractivity contribution in [2.45, 2.75) is 45.1 Å². The van der Waals surface area contributed by atoms with Crippen LogP contribution in [0.2, 0.25) is 0 Å². The van der Waals surface area contributed by atoms with Crippen LogP contribution in [0.4, 0.5) is 0 Å². The Morgan fingerprint density at radius 1 is 0.762 bits per heavy atom. The van der Waals surface area contributed by atoms with Gasteiger partial charge < -0.3 is 5.32 Å². The third-order valence-corrected chi connectivity index (χ3v) is 3.94. The first kappa shape index (κ1) is 15.8. The maximum Gasteiger partial charge on any atom is 0.00418 e. The Balaban J connectivity index is 1.52. The van der Waals surface area contributed by atoms with E-state index in [1.54, 1.807) is 0 Å². The van der Waals surface area contributed by atoms with Crippen LogP contribution in [0, 0.1) is 0 Å². The van der Waals surface area contributed by atoms with Crippen molar-refractivity contribution in [3.05, 3.63) is 71.8 Å². The number of aryl methyl sites for hydroxylation is 2. The van der Waals surface area contributed by atoms with Crippen molar-refractivity contribution in [1.82, 2.24) is 5.32 Å². The lowest BCUT2D eigenvalue weighted by Gasteiger charge is -2.13. The maximum atomic E-state index is 3.64. The summed E-state index contributed by atoms with van der Waals surface area (Å²) in [5, 5.41) is 3.64. The van der Waals surface area contributed by atoms with E-state index in [9.17, 15) is 0 Å². The highest BCUT2D eigenvalue weighted by Crippen LogP contribution is 2.06. The van der Waals surface area contributed by atoms with Gasteiger partial charge in [-0.25, -0.2) is 0 Å². The van der Waals surface area contributed by atoms with Gasteiger partial charge in [0.2, 0.25) is 0 Å². The van der Waals surface area contributed by atoms with Gasteiger partial charge in [-0.1, -0.05) is 60.7 Å². The minimum absolute atomic E-state index is 0.599. The van der Waals surface area contributed by atoms with Gasteiger partial charge >= 0.3 is 0 Å². The van der Waals surface area contributed by atoms with Gasteiger partial charge in [-0.3, -0.25) is 0 Å². The molecule has 0 aliphatic heterocycles. The molecule has 0 amide bonds. The minimum Gasteiger partial charge on any atom is -0.314 e. The Kier molecular flexibility index (Phi) is 7.03. The Labute approximate surface area is 129 Å². The van der Waals surface area contributed by atoms with Crippen molar-refractivity contribution in [3.63, 3.8) is 0 Å². The molecule has 0 fully saturated rings. The molecule has 21 heavy (non-hydrogen) atoms. The minimum atomic E-state index is 0.599. The molecule has 0 heterocycles. The molecule has 0 spiro atoms. The maximum absolute atomic E-state index is 3.64. The van der Waals surface area contributed by atoms with E-state index in [2.05, 4.69) is 72.9 Å². The van der Waals surface area contributed by atoms with Gasteiger partial charge in [0.05, 0.1) is 0 Å². The topological polar surface area (TPSA) is 12.0 Å². The lowest BCUT2D eigenvalue weighted by Crippen LogP contribution is -2.27. The number of rotatable bonds is 9. The molecule has 0 saturated carbocycles. The van der Waals surface area contributed by atoms with Crippen LogP contribution in [0.1, 0.15) is 37.3 Å². The molecule has 1 atom stereocenters. The van der Waals surface area contributed by atoms with Crippen molar-refractivity contribution >= 4 is 0 Å². The van der Waals surface area contributed by atoms with E-state index in [4.69, 9.17) is 0 Å². The molecule has 2 rings (SSSR count). The second kappa shape index (κ2) is 9.36. The lowest BCUT2D eigenvalue weighted by molar-refractivity contribution is 0.500. The smallest absolute Gasteiger partial charge is 0.00418 e. The van der Waals surface area contributed by atoms with Crippen LogP contribution >= 0.6 is 0 Å². The van der Waals surface area contributed by atoms with Gasteiger partial charge in [0, 0.05) is 6.04 Å². The molecule has 0 saturated heterocycles. The standard InChI is InChI=1S/C20H27N/c1-18(15-16-20-12-6-3-7-13-20)21-17-9-8-14-19-10-4-2-5-11-19/h2-7,10-13,18,21H,8-9,14-17H2,1H3. The van der Waals surface area contributed by atoms with E-state index in [1.807, 2.05) is 0 Å². The Morgan fingerprint density at radius 3 is 1.95 bits per heavy atom. The summed E-state index contributed by atoms with van der Waals surface area (Å²) in [5.41, 5.74) is 2.89. The average Bonchev–Trinajstić information content (AvgIpc) is 2.54. The number of nitrogens with one attached hydrogen (secondary N) is 1. The zero-order valence-electron chi connectivity index (χ0n) is 13.1. The summed E-state index contributed by atoms with van der Waals surface area (Å²) < 4.78 is 0. The van der Waals surface area contributed by atoms with Crippen molar-refractivity contribution in [1.29, 1.82) is 0 Å². The highest BCUT2D eigenvalue weighted by atomic mass is 14.9. The monoisotopic (exact) mass is 281 g/mol. The van der Waals surface area contributed by atoms with Gasteiger partial charge in [0.1, 0.15) is 0 Å². The highest BCUT2D eigenvalue weighted by Gasteiger charge is 2.01. The molecular weight excluding hydrogens is 254 g/mol. The fourth-order valence-electron chi connectivity index (χ4n) is 2.58. The molecule has 2 aromatic rings. The molecule has 0 aromatic heterocycles. The molecule has 1 heteroatoms. The molecular formula is C20H27N. The molecule has 2 aromatic carbocycles. The van der Waals surface area contributed by atoms with E-state index in [1.165, 1.54) is 43.2 Å². The van der Waals surface area contributed by atoms with Crippen LogP contribution in [-0.2, 0) is 12.8 Å². The van der Waals surface area contributed by atoms with Gasteiger partial charge in [-0.2, -0.15) is 0 Å². The van der Waals surface area contributed by atoms with Crippen LogP contribution in [0.5, 0.6) is 0 Å². The molecule has 0 aliphatic carbocycles. The van der Waals surface area contributed by atoms with E-state index < -0.39 is 0 Å². The van der Waals surface area contributed by atoms with E-state index in [0.717, 1.165) is 6.54 Å². The van der Waals surface area contributed by atoms with Gasteiger partial charge in [0.15, 0.2) is 0 Å². The summed E-state index contributed by atoms with van der Waals surface area (Å²) >= 11 is 0. The molecule has 0 radical (unpaired) electrons. The summed E-state index contributed by atoms with van der Waals surface area (Å²) in [6.07, 6.45) is 6.09. The molecule has 112 valence electrons. The van der Waals surface area contributed by atoms with Crippen molar-refractivity contribution in [2.75, 3.05) is 6.54 Å². The quantitative estimate of drug-likeness (QED) is 0.661. The third kappa shape index (κ3) is 6.59. The summed E-state index contributed by atoms with van der Waals surface area (Å²) in [4.78, 5) is 0. The Morgan fingerprint density at radius 2 is 1.33 bits per heavy atom. The van der Waals surface area contributed by atoms with Crippen LogP contribution in [0.25, 0.3) is 0 Å². The van der Waals surface area contributed by atoms with Crippen molar-refractivity contribution in [3.8, 4) is 0 Å². The number of hydrogen-bond donors (Lipinski definition) is 1. The average molecular weight is 281 g/mol. The molecule has 1 unspecified atom stereocenters. The predicted octanol–water partition coefficient (Wildman–Crippen LogP) is 4.62. The normalized spacial score (nSPS) is 12.2. The summed E-state index contributed by atoms with van der Waals surface area (Å²) in [6, 6.07) is 22.1. The van der Waals surface area contributed by atoms with Crippen LogP contribution in [0.15, 0.2) is 60.7 Å². The summed E-state index contributed by atoms with van der Waals surface area (Å²) in [6.45, 7) is 3.42. The molecule has 1 nitrogen and oxygen atoms in total. The Bertz CT molecular complexity index is 478. The first-order valence-electron chi connectivity index (χ1n) is 8.16. The molecule has 1 N–H and O–H groups in total. The zero-order valence-corrected chi connectivity index (χ0v) is 13.1. The van der Waals surface area contributed by atoms with Crippen LogP contribution in [-0.4, -0.2) is 12.6 Å². The van der Waals surface area contributed by atoms with Gasteiger partial charge in [-0.15, -0.1) is 0 Å². The fourth-order valence-corrected chi connectivity index (χ4v) is 2.58. The third-order valence-electron chi connectivity index (χ3n) is 3.94. The second-order valence-corrected chi connectivity index (χ2v) is 5.82. The van der Waals surface area contributed by atoms with Gasteiger partial charge in [-0.05, 0) is 56.7 Å². The van der Waals surface area contributed by atoms with Crippen molar-refractivity contribution < 1.29 is 0 Å². The lowest BCUT2D eigenvalue weighted by atomic mass is 10.1. The zero-order chi connectivity index (χ0) is 14.8. The largest absolute Gasteiger partial charge is 0.314 e. The SMILES string of the molecule is CC(CCc1ccccc1)NCCCCc1ccccc1. The van der Waals surface area contributed by atoms with E-state index in [-0.39, 0.29) is 0 Å². The van der Waals surface area contributed by atoms with Crippen molar-refractivity contribution in [2.24, 2.45) is 0 Å².